The molecular weight excluding hydrogens is 212 g/mol. The third-order valence-electron chi connectivity index (χ3n) is 2.23. The lowest BCUT2D eigenvalue weighted by molar-refractivity contribution is 0.616. The lowest BCUT2D eigenvalue weighted by Gasteiger charge is -2.04. The molecule has 2 N–H and O–H groups in total. The SMILES string of the molecule is CC(C)Cc1nnc2c(N)c(Cl)ccn12. The number of fused-ring (bicyclic) bond motifs is 1. The minimum atomic E-state index is 0.488. The van der Waals surface area contributed by atoms with Gasteiger partial charge in [0.15, 0.2) is 5.65 Å². The molecule has 2 aromatic heterocycles. The maximum atomic E-state index is 5.90. The number of aromatic nitrogens is 3. The van der Waals surface area contributed by atoms with Gasteiger partial charge < -0.3 is 5.73 Å². The lowest BCUT2D eigenvalue weighted by atomic mass is 10.1. The maximum absolute atomic E-state index is 5.90. The minimum Gasteiger partial charge on any atom is -0.394 e. The average molecular weight is 225 g/mol. The van der Waals surface area contributed by atoms with Gasteiger partial charge in [-0.3, -0.25) is 4.40 Å². The quantitative estimate of drug-likeness (QED) is 0.851. The summed E-state index contributed by atoms with van der Waals surface area (Å²) in [5.74, 6) is 1.46. The van der Waals surface area contributed by atoms with Crippen molar-refractivity contribution in [2.75, 3.05) is 5.73 Å². The molecule has 0 saturated carbocycles. The fraction of sp³-hybridized carbons (Fsp3) is 0.400. The first kappa shape index (κ1) is 10.2. The predicted octanol–water partition coefficient (Wildman–Crippen LogP) is 2.16. The second-order valence-corrected chi connectivity index (χ2v) is 4.39. The van der Waals surface area contributed by atoms with Crippen LogP contribution in [0.15, 0.2) is 12.3 Å². The first-order chi connectivity index (χ1) is 7.09. The number of halogens is 1. The van der Waals surface area contributed by atoms with Gasteiger partial charge in [-0.05, 0) is 12.0 Å². The van der Waals surface area contributed by atoms with Crippen molar-refractivity contribution in [3.63, 3.8) is 0 Å². The van der Waals surface area contributed by atoms with E-state index in [1.54, 1.807) is 6.07 Å². The molecule has 0 aliphatic carbocycles. The number of nitrogens with zero attached hydrogens (tertiary/aromatic N) is 3. The van der Waals surface area contributed by atoms with Crippen LogP contribution < -0.4 is 5.73 Å². The third kappa shape index (κ3) is 1.77. The fourth-order valence-electron chi connectivity index (χ4n) is 1.50. The molecule has 0 unspecified atom stereocenters. The zero-order valence-corrected chi connectivity index (χ0v) is 9.49. The summed E-state index contributed by atoms with van der Waals surface area (Å²) in [5, 5.41) is 8.67. The van der Waals surface area contributed by atoms with Crippen LogP contribution in [-0.4, -0.2) is 14.6 Å². The Morgan fingerprint density at radius 3 is 2.87 bits per heavy atom. The van der Waals surface area contributed by atoms with Gasteiger partial charge in [0, 0.05) is 12.6 Å². The smallest absolute Gasteiger partial charge is 0.185 e. The monoisotopic (exact) mass is 224 g/mol. The summed E-state index contributed by atoms with van der Waals surface area (Å²) in [5.41, 5.74) is 6.93. The minimum absolute atomic E-state index is 0.488. The number of anilines is 1. The van der Waals surface area contributed by atoms with E-state index in [-0.39, 0.29) is 0 Å². The van der Waals surface area contributed by atoms with E-state index in [4.69, 9.17) is 17.3 Å². The van der Waals surface area contributed by atoms with Crippen LogP contribution in [0, 0.1) is 5.92 Å². The molecule has 2 heterocycles. The molecule has 2 aromatic rings. The Morgan fingerprint density at radius 1 is 1.47 bits per heavy atom. The van der Waals surface area contributed by atoms with Crippen molar-refractivity contribution in [3.05, 3.63) is 23.1 Å². The van der Waals surface area contributed by atoms with Crippen LogP contribution in [0.2, 0.25) is 5.02 Å². The van der Waals surface area contributed by atoms with Crippen LogP contribution in [0.4, 0.5) is 5.69 Å². The highest BCUT2D eigenvalue weighted by molar-refractivity contribution is 6.33. The molecule has 4 nitrogen and oxygen atoms in total. The molecule has 80 valence electrons. The van der Waals surface area contributed by atoms with E-state index in [1.165, 1.54) is 0 Å². The topological polar surface area (TPSA) is 56.2 Å². The van der Waals surface area contributed by atoms with Crippen molar-refractivity contribution in [2.45, 2.75) is 20.3 Å². The van der Waals surface area contributed by atoms with Crippen molar-refractivity contribution < 1.29 is 0 Å². The van der Waals surface area contributed by atoms with E-state index in [2.05, 4.69) is 24.0 Å². The van der Waals surface area contributed by atoms with E-state index >= 15 is 0 Å². The Kier molecular flexibility index (Phi) is 2.52. The third-order valence-corrected chi connectivity index (χ3v) is 2.55. The van der Waals surface area contributed by atoms with Gasteiger partial charge in [-0.15, -0.1) is 10.2 Å². The summed E-state index contributed by atoms with van der Waals surface area (Å²) in [6, 6.07) is 1.76. The lowest BCUT2D eigenvalue weighted by Crippen LogP contribution is -2.01. The van der Waals surface area contributed by atoms with E-state index in [1.807, 2.05) is 10.6 Å². The van der Waals surface area contributed by atoms with E-state index < -0.39 is 0 Å². The van der Waals surface area contributed by atoms with Gasteiger partial charge in [0.2, 0.25) is 0 Å². The zero-order valence-electron chi connectivity index (χ0n) is 8.74. The number of rotatable bonds is 2. The molecule has 0 radical (unpaired) electrons. The Labute approximate surface area is 93.1 Å². The van der Waals surface area contributed by atoms with Crippen LogP contribution in [0.1, 0.15) is 19.7 Å². The number of hydrogen-bond donors (Lipinski definition) is 1. The van der Waals surface area contributed by atoms with Gasteiger partial charge in [-0.25, -0.2) is 0 Å². The Bertz CT molecular complexity index is 489. The summed E-state index contributed by atoms with van der Waals surface area (Å²) in [7, 11) is 0. The molecular formula is C10H13ClN4. The molecule has 15 heavy (non-hydrogen) atoms. The summed E-state index contributed by atoms with van der Waals surface area (Å²) in [6.07, 6.45) is 2.73. The molecule has 0 aliphatic heterocycles. The number of pyridine rings is 1. The fourth-order valence-corrected chi connectivity index (χ4v) is 1.65. The van der Waals surface area contributed by atoms with E-state index in [0.717, 1.165) is 12.2 Å². The van der Waals surface area contributed by atoms with Crippen LogP contribution in [0.5, 0.6) is 0 Å². The highest BCUT2D eigenvalue weighted by Crippen LogP contribution is 2.23. The van der Waals surface area contributed by atoms with Gasteiger partial charge in [-0.2, -0.15) is 0 Å². The summed E-state index contributed by atoms with van der Waals surface area (Å²) in [6.45, 7) is 4.28. The van der Waals surface area contributed by atoms with Crippen LogP contribution in [0.3, 0.4) is 0 Å². The van der Waals surface area contributed by atoms with Crippen molar-refractivity contribution in [1.82, 2.24) is 14.6 Å². The van der Waals surface area contributed by atoms with Gasteiger partial charge in [0.25, 0.3) is 0 Å². The molecule has 2 rings (SSSR count). The van der Waals surface area contributed by atoms with E-state index in [0.29, 0.717) is 22.3 Å². The Morgan fingerprint density at radius 2 is 2.20 bits per heavy atom. The zero-order chi connectivity index (χ0) is 11.0. The molecule has 0 fully saturated rings. The van der Waals surface area contributed by atoms with Gasteiger partial charge in [-0.1, -0.05) is 25.4 Å². The van der Waals surface area contributed by atoms with Crippen LogP contribution in [-0.2, 0) is 6.42 Å². The Balaban J connectivity index is 2.57. The summed E-state index contributed by atoms with van der Waals surface area (Å²) in [4.78, 5) is 0. The molecule has 0 spiro atoms. The first-order valence-corrected chi connectivity index (χ1v) is 5.25. The van der Waals surface area contributed by atoms with Gasteiger partial charge in [0.05, 0.1) is 10.7 Å². The highest BCUT2D eigenvalue weighted by Gasteiger charge is 2.10. The second kappa shape index (κ2) is 3.70. The van der Waals surface area contributed by atoms with Crippen molar-refractivity contribution in [1.29, 1.82) is 0 Å². The van der Waals surface area contributed by atoms with Gasteiger partial charge >= 0.3 is 0 Å². The standard InChI is InChI=1S/C10H13ClN4/c1-6(2)5-8-13-14-10-9(12)7(11)3-4-15(8)10/h3-4,6H,5,12H2,1-2H3. The first-order valence-electron chi connectivity index (χ1n) is 4.87. The van der Waals surface area contributed by atoms with Crippen molar-refractivity contribution in [3.8, 4) is 0 Å². The van der Waals surface area contributed by atoms with Crippen molar-refractivity contribution >= 4 is 22.9 Å². The largest absolute Gasteiger partial charge is 0.394 e. The predicted molar refractivity (Wildman–Crippen MR) is 61.0 cm³/mol. The molecule has 0 amide bonds. The molecule has 0 atom stereocenters. The van der Waals surface area contributed by atoms with E-state index in [9.17, 15) is 0 Å². The number of nitrogens with two attached hydrogens (primary N) is 1. The maximum Gasteiger partial charge on any atom is 0.185 e. The van der Waals surface area contributed by atoms with Crippen molar-refractivity contribution in [2.24, 2.45) is 5.92 Å². The molecule has 0 bridgehead atoms. The molecule has 0 aromatic carbocycles. The summed E-state index contributed by atoms with van der Waals surface area (Å²) >= 11 is 5.90. The average Bonchev–Trinajstić information content (AvgIpc) is 2.55. The highest BCUT2D eigenvalue weighted by atomic mass is 35.5. The van der Waals surface area contributed by atoms with Crippen LogP contribution in [0.25, 0.3) is 5.65 Å². The number of nitrogen functional groups attached to an aromatic ring is 1. The summed E-state index contributed by atoms with van der Waals surface area (Å²) < 4.78 is 1.89. The van der Waals surface area contributed by atoms with Crippen LogP contribution >= 0.6 is 11.6 Å². The normalized spacial score (nSPS) is 11.5. The molecule has 0 aliphatic rings. The molecule has 5 heteroatoms. The van der Waals surface area contributed by atoms with Gasteiger partial charge in [0.1, 0.15) is 5.82 Å². The number of hydrogen-bond acceptors (Lipinski definition) is 3. The molecule has 0 saturated heterocycles. The Hall–Kier alpha value is -1.29. The second-order valence-electron chi connectivity index (χ2n) is 3.99.